The van der Waals surface area contributed by atoms with E-state index in [9.17, 15) is 13.2 Å². The quantitative estimate of drug-likeness (QED) is 0.797. The zero-order valence-electron chi connectivity index (χ0n) is 13.4. The summed E-state index contributed by atoms with van der Waals surface area (Å²) >= 11 is 5.79. The first-order valence-electron chi connectivity index (χ1n) is 8.28. The van der Waals surface area contributed by atoms with Gasteiger partial charge in [-0.15, -0.1) is 12.4 Å². The maximum Gasteiger partial charge on any atom is 0.417 e. The number of hydrogen-bond donors (Lipinski definition) is 1. The van der Waals surface area contributed by atoms with Crippen molar-refractivity contribution in [3.8, 4) is 0 Å². The van der Waals surface area contributed by atoms with E-state index in [1.165, 1.54) is 25.0 Å². The van der Waals surface area contributed by atoms with Crippen molar-refractivity contribution in [1.82, 2.24) is 10.2 Å². The largest absolute Gasteiger partial charge is 0.417 e. The van der Waals surface area contributed by atoms with Gasteiger partial charge in [-0.1, -0.05) is 30.5 Å². The first kappa shape index (κ1) is 19.8. The lowest BCUT2D eigenvalue weighted by molar-refractivity contribution is -0.137. The molecule has 0 aromatic heterocycles. The first-order valence-corrected chi connectivity index (χ1v) is 8.66. The standard InChI is InChI=1S/C17H22ClF3N2.ClH/c18-15-6-5-13(11-14(15)17(19,20)21)16(12-3-1-2-4-12)23-9-7-22-8-10-23;/h5-6,11-12,16,22H,1-4,7-10H2;1H/t16-;/m0./s1. The van der Waals surface area contributed by atoms with Crippen molar-refractivity contribution in [2.24, 2.45) is 5.92 Å². The van der Waals surface area contributed by atoms with E-state index in [1.54, 1.807) is 6.07 Å². The number of benzene rings is 1. The molecule has 1 aliphatic carbocycles. The van der Waals surface area contributed by atoms with Crippen LogP contribution in [0.5, 0.6) is 0 Å². The summed E-state index contributed by atoms with van der Waals surface area (Å²) in [5.74, 6) is 0.440. The SMILES string of the molecule is Cl.FC(F)(F)c1cc([C@H](C2CCCC2)N2CCNCC2)ccc1Cl. The Labute approximate surface area is 152 Å². The third kappa shape index (κ3) is 4.37. The molecule has 1 aliphatic heterocycles. The summed E-state index contributed by atoms with van der Waals surface area (Å²) in [6.07, 6.45) is 0.133. The Kier molecular flexibility index (Phi) is 6.82. The van der Waals surface area contributed by atoms with Crippen LogP contribution in [0, 0.1) is 5.92 Å². The molecule has 2 aliphatic rings. The van der Waals surface area contributed by atoms with E-state index in [1.807, 2.05) is 0 Å². The molecule has 7 heteroatoms. The Hall–Kier alpha value is -0.490. The number of rotatable bonds is 3. The molecule has 0 radical (unpaired) electrons. The minimum absolute atomic E-state index is 0. The summed E-state index contributed by atoms with van der Waals surface area (Å²) in [5.41, 5.74) is 0.0466. The molecule has 24 heavy (non-hydrogen) atoms. The topological polar surface area (TPSA) is 15.3 Å². The molecule has 0 unspecified atom stereocenters. The van der Waals surface area contributed by atoms with Crippen molar-refractivity contribution in [1.29, 1.82) is 0 Å². The molecule has 1 N–H and O–H groups in total. The van der Waals surface area contributed by atoms with Gasteiger partial charge >= 0.3 is 6.18 Å². The summed E-state index contributed by atoms with van der Waals surface area (Å²) < 4.78 is 39.6. The van der Waals surface area contributed by atoms with Crippen LogP contribution in [-0.4, -0.2) is 31.1 Å². The second-order valence-corrected chi connectivity index (χ2v) is 6.92. The molecule has 2 fully saturated rings. The molecular formula is C17H23Cl2F3N2. The van der Waals surface area contributed by atoms with Crippen molar-refractivity contribution in [3.63, 3.8) is 0 Å². The Balaban J connectivity index is 0.00000208. The van der Waals surface area contributed by atoms with Crippen LogP contribution in [0.25, 0.3) is 0 Å². The van der Waals surface area contributed by atoms with Gasteiger partial charge in [0.2, 0.25) is 0 Å². The lowest BCUT2D eigenvalue weighted by Crippen LogP contribution is -2.46. The third-order valence-electron chi connectivity index (χ3n) is 5.03. The highest BCUT2D eigenvalue weighted by atomic mass is 35.5. The number of halogens is 5. The summed E-state index contributed by atoms with van der Waals surface area (Å²) in [6, 6.07) is 4.53. The van der Waals surface area contributed by atoms with Crippen molar-refractivity contribution in [3.05, 3.63) is 34.3 Å². The minimum Gasteiger partial charge on any atom is -0.314 e. The summed E-state index contributed by atoms with van der Waals surface area (Å²) in [4.78, 5) is 2.34. The van der Waals surface area contributed by atoms with Gasteiger partial charge in [-0.25, -0.2) is 0 Å². The second-order valence-electron chi connectivity index (χ2n) is 6.51. The van der Waals surface area contributed by atoms with Crippen LogP contribution in [0.3, 0.4) is 0 Å². The molecule has 1 aromatic rings. The van der Waals surface area contributed by atoms with Gasteiger partial charge in [0.15, 0.2) is 0 Å². The zero-order valence-corrected chi connectivity index (χ0v) is 15.0. The van der Waals surface area contributed by atoms with Crippen molar-refractivity contribution < 1.29 is 13.2 Å². The molecule has 3 rings (SSSR count). The fourth-order valence-corrected chi connectivity index (χ4v) is 4.18. The van der Waals surface area contributed by atoms with E-state index >= 15 is 0 Å². The highest BCUT2D eigenvalue weighted by Crippen LogP contribution is 2.42. The number of hydrogen-bond acceptors (Lipinski definition) is 2. The minimum atomic E-state index is -4.41. The summed E-state index contributed by atoms with van der Waals surface area (Å²) in [6.45, 7) is 3.54. The van der Waals surface area contributed by atoms with Crippen LogP contribution in [0.4, 0.5) is 13.2 Å². The van der Waals surface area contributed by atoms with Crippen molar-refractivity contribution in [2.45, 2.75) is 37.9 Å². The van der Waals surface area contributed by atoms with Gasteiger partial charge in [-0.3, -0.25) is 4.90 Å². The molecule has 1 heterocycles. The van der Waals surface area contributed by atoms with E-state index in [0.29, 0.717) is 5.92 Å². The molecule has 2 nitrogen and oxygen atoms in total. The van der Waals surface area contributed by atoms with Gasteiger partial charge in [0.05, 0.1) is 10.6 Å². The predicted octanol–water partition coefficient (Wildman–Crippen LogP) is 4.92. The Bertz CT molecular complexity index is 539. The average Bonchev–Trinajstić information content (AvgIpc) is 3.03. The fourth-order valence-electron chi connectivity index (χ4n) is 3.96. The van der Waals surface area contributed by atoms with Crippen LogP contribution < -0.4 is 5.32 Å². The van der Waals surface area contributed by atoms with Gasteiger partial charge in [0.1, 0.15) is 0 Å². The van der Waals surface area contributed by atoms with E-state index in [4.69, 9.17) is 11.6 Å². The van der Waals surface area contributed by atoms with E-state index in [2.05, 4.69) is 10.2 Å². The smallest absolute Gasteiger partial charge is 0.314 e. The number of nitrogens with one attached hydrogen (secondary N) is 1. The molecule has 1 saturated heterocycles. The fraction of sp³-hybridized carbons (Fsp3) is 0.647. The summed E-state index contributed by atoms with van der Waals surface area (Å²) in [7, 11) is 0. The maximum absolute atomic E-state index is 13.2. The van der Waals surface area contributed by atoms with Crippen molar-refractivity contribution in [2.75, 3.05) is 26.2 Å². The highest BCUT2D eigenvalue weighted by Gasteiger charge is 2.36. The molecule has 136 valence electrons. The Morgan fingerprint density at radius 3 is 2.33 bits per heavy atom. The molecule has 0 spiro atoms. The van der Waals surface area contributed by atoms with Crippen LogP contribution >= 0.6 is 24.0 Å². The van der Waals surface area contributed by atoms with Gasteiger partial charge in [0.25, 0.3) is 0 Å². The Morgan fingerprint density at radius 1 is 1.12 bits per heavy atom. The monoisotopic (exact) mass is 382 g/mol. The third-order valence-corrected chi connectivity index (χ3v) is 5.36. The molecule has 1 saturated carbocycles. The first-order chi connectivity index (χ1) is 11.0. The molecular weight excluding hydrogens is 360 g/mol. The van der Waals surface area contributed by atoms with Gasteiger partial charge < -0.3 is 5.32 Å². The average molecular weight is 383 g/mol. The normalized spacial score (nSPS) is 21.5. The van der Waals surface area contributed by atoms with Crippen molar-refractivity contribution >= 4 is 24.0 Å². The molecule has 1 aromatic carbocycles. The predicted molar refractivity (Wildman–Crippen MR) is 92.8 cm³/mol. The number of alkyl halides is 3. The van der Waals surface area contributed by atoms with Gasteiger partial charge in [-0.2, -0.15) is 13.2 Å². The molecule has 0 bridgehead atoms. The second kappa shape index (κ2) is 8.26. The van der Waals surface area contributed by atoms with Crippen LogP contribution in [0.15, 0.2) is 18.2 Å². The van der Waals surface area contributed by atoms with E-state index < -0.39 is 11.7 Å². The van der Waals surface area contributed by atoms with Crippen LogP contribution in [-0.2, 0) is 6.18 Å². The van der Waals surface area contributed by atoms with Crippen LogP contribution in [0.2, 0.25) is 5.02 Å². The molecule has 0 amide bonds. The maximum atomic E-state index is 13.2. The number of nitrogens with zero attached hydrogens (tertiary/aromatic N) is 1. The van der Waals surface area contributed by atoms with E-state index in [0.717, 1.165) is 44.6 Å². The van der Waals surface area contributed by atoms with Gasteiger partial charge in [-0.05, 0) is 36.5 Å². The lowest BCUT2D eigenvalue weighted by atomic mass is 9.89. The number of piperazine rings is 1. The van der Waals surface area contributed by atoms with Crippen LogP contribution in [0.1, 0.15) is 42.9 Å². The molecule has 1 atom stereocenters. The van der Waals surface area contributed by atoms with E-state index in [-0.39, 0.29) is 23.5 Å². The lowest BCUT2D eigenvalue weighted by Gasteiger charge is -2.39. The van der Waals surface area contributed by atoms with Gasteiger partial charge in [0, 0.05) is 32.2 Å². The summed E-state index contributed by atoms with van der Waals surface area (Å²) in [5, 5.41) is 3.10. The Morgan fingerprint density at radius 2 is 1.75 bits per heavy atom. The zero-order chi connectivity index (χ0) is 16.4. The highest BCUT2D eigenvalue weighted by molar-refractivity contribution is 6.31.